The third-order valence-electron chi connectivity index (χ3n) is 3.76. The van der Waals surface area contributed by atoms with Crippen molar-refractivity contribution in [1.82, 2.24) is 0 Å². The molecule has 3 nitrogen and oxygen atoms in total. The highest BCUT2D eigenvalue weighted by Gasteiger charge is 2.17. The summed E-state index contributed by atoms with van der Waals surface area (Å²) < 4.78 is 11.5. The van der Waals surface area contributed by atoms with E-state index in [2.05, 4.69) is 6.08 Å². The average Bonchev–Trinajstić information content (AvgIpc) is 2.58. The Kier molecular flexibility index (Phi) is 6.19. The highest BCUT2D eigenvalue weighted by molar-refractivity contribution is 5.97. The number of methoxy groups -OCH3 is 1. The van der Waals surface area contributed by atoms with Gasteiger partial charge in [0.1, 0.15) is 18.1 Å². The van der Waals surface area contributed by atoms with E-state index in [1.807, 2.05) is 50.2 Å². The van der Waals surface area contributed by atoms with Crippen LogP contribution < -0.4 is 9.47 Å². The van der Waals surface area contributed by atoms with Crippen LogP contribution in [0.4, 0.5) is 0 Å². The van der Waals surface area contributed by atoms with Gasteiger partial charge in [0.2, 0.25) is 0 Å². The Balaban J connectivity index is 2.43. The molecule has 3 heteroatoms. The van der Waals surface area contributed by atoms with E-state index in [-0.39, 0.29) is 5.78 Å². The molecule has 0 aliphatic carbocycles. The lowest BCUT2D eigenvalue weighted by Gasteiger charge is -2.17. The van der Waals surface area contributed by atoms with Crippen molar-refractivity contribution >= 4 is 5.78 Å². The summed E-state index contributed by atoms with van der Waals surface area (Å²) >= 11 is 0. The minimum Gasteiger partial charge on any atom is -0.496 e. The Morgan fingerprint density at radius 3 is 2.33 bits per heavy atom. The molecule has 0 spiro atoms. The van der Waals surface area contributed by atoms with E-state index < -0.39 is 0 Å². The van der Waals surface area contributed by atoms with Crippen LogP contribution in [0.5, 0.6) is 11.5 Å². The number of rotatable bonds is 7. The first-order chi connectivity index (χ1) is 11.5. The molecule has 0 unspecified atom stereocenters. The van der Waals surface area contributed by atoms with Gasteiger partial charge in [-0.15, -0.1) is 0 Å². The van der Waals surface area contributed by atoms with Crippen LogP contribution in [-0.2, 0) is 13.0 Å². The highest BCUT2D eigenvalue weighted by atomic mass is 16.5. The standard InChI is InChI=1S/C21H24O3/c1-15(2)10-11-19-20(23-4)13-12-18(16(3)22)21(19)24-14-17-8-6-5-7-9-17/h5-10,12-13H,11,14H2,1-4H3. The first-order valence-corrected chi connectivity index (χ1v) is 8.03. The summed E-state index contributed by atoms with van der Waals surface area (Å²) in [7, 11) is 1.63. The van der Waals surface area contributed by atoms with Gasteiger partial charge in [-0.25, -0.2) is 0 Å². The molecule has 0 aliphatic heterocycles. The predicted molar refractivity (Wildman–Crippen MR) is 96.9 cm³/mol. The first kappa shape index (κ1) is 17.8. The predicted octanol–water partition coefficient (Wildman–Crippen LogP) is 4.99. The zero-order valence-electron chi connectivity index (χ0n) is 14.8. The molecule has 2 rings (SSSR count). The number of Topliss-reactive ketones (excluding diaryl/α,β-unsaturated/α-hetero) is 1. The van der Waals surface area contributed by atoms with Crippen LogP contribution in [0.1, 0.15) is 42.3 Å². The van der Waals surface area contributed by atoms with Crippen molar-refractivity contribution in [2.24, 2.45) is 0 Å². The van der Waals surface area contributed by atoms with E-state index in [9.17, 15) is 4.79 Å². The minimum atomic E-state index is -0.0147. The molecule has 0 aliphatic rings. The number of hydrogen-bond acceptors (Lipinski definition) is 3. The molecule has 0 radical (unpaired) electrons. The summed E-state index contributed by atoms with van der Waals surface area (Å²) in [6, 6.07) is 13.5. The van der Waals surface area contributed by atoms with Crippen LogP contribution in [0.15, 0.2) is 54.1 Å². The van der Waals surface area contributed by atoms with E-state index in [4.69, 9.17) is 9.47 Å². The van der Waals surface area contributed by atoms with Crippen molar-refractivity contribution in [2.75, 3.05) is 7.11 Å². The molecule has 0 amide bonds. The van der Waals surface area contributed by atoms with Gasteiger partial charge in [0, 0.05) is 5.56 Å². The largest absolute Gasteiger partial charge is 0.496 e. The van der Waals surface area contributed by atoms with Crippen molar-refractivity contribution < 1.29 is 14.3 Å². The van der Waals surface area contributed by atoms with Crippen molar-refractivity contribution in [3.8, 4) is 11.5 Å². The maximum Gasteiger partial charge on any atom is 0.163 e. The van der Waals surface area contributed by atoms with Crippen LogP contribution in [-0.4, -0.2) is 12.9 Å². The fourth-order valence-corrected chi connectivity index (χ4v) is 2.47. The van der Waals surface area contributed by atoms with Crippen molar-refractivity contribution in [2.45, 2.75) is 33.8 Å². The topological polar surface area (TPSA) is 35.5 Å². The molecule has 0 aromatic heterocycles. The highest BCUT2D eigenvalue weighted by Crippen LogP contribution is 2.34. The summed E-state index contributed by atoms with van der Waals surface area (Å²) in [6.07, 6.45) is 2.77. The molecule has 0 fully saturated rings. The molecule has 0 atom stereocenters. The molecule has 0 N–H and O–H groups in total. The smallest absolute Gasteiger partial charge is 0.163 e. The van der Waals surface area contributed by atoms with Gasteiger partial charge < -0.3 is 9.47 Å². The van der Waals surface area contributed by atoms with Gasteiger partial charge in [-0.2, -0.15) is 0 Å². The molecular weight excluding hydrogens is 300 g/mol. The van der Waals surface area contributed by atoms with E-state index in [1.165, 1.54) is 5.57 Å². The number of ether oxygens (including phenoxy) is 2. The lowest BCUT2D eigenvalue weighted by Crippen LogP contribution is -2.06. The fourth-order valence-electron chi connectivity index (χ4n) is 2.47. The van der Waals surface area contributed by atoms with Crippen LogP contribution in [0.25, 0.3) is 0 Å². The van der Waals surface area contributed by atoms with Crippen LogP contribution in [0.2, 0.25) is 0 Å². The SMILES string of the molecule is COc1ccc(C(C)=O)c(OCc2ccccc2)c1CC=C(C)C. The molecule has 2 aromatic carbocycles. The first-order valence-electron chi connectivity index (χ1n) is 8.03. The molecule has 0 bridgehead atoms. The second kappa shape index (κ2) is 8.34. The third kappa shape index (κ3) is 4.48. The fraction of sp³-hybridized carbons (Fsp3) is 0.286. The third-order valence-corrected chi connectivity index (χ3v) is 3.76. The van der Waals surface area contributed by atoms with Crippen molar-refractivity contribution in [1.29, 1.82) is 0 Å². The number of allylic oxidation sites excluding steroid dienone is 2. The Bertz CT molecular complexity index is 726. The summed E-state index contributed by atoms with van der Waals surface area (Å²) in [4.78, 5) is 12.0. The van der Waals surface area contributed by atoms with Gasteiger partial charge in [-0.05, 0) is 44.9 Å². The van der Waals surface area contributed by atoms with Gasteiger partial charge in [0.05, 0.1) is 12.7 Å². The van der Waals surface area contributed by atoms with Crippen molar-refractivity contribution in [3.05, 3.63) is 70.8 Å². The van der Waals surface area contributed by atoms with E-state index in [0.29, 0.717) is 24.3 Å². The number of benzene rings is 2. The van der Waals surface area contributed by atoms with Gasteiger partial charge in [-0.3, -0.25) is 4.79 Å². The normalized spacial score (nSPS) is 10.2. The Hall–Kier alpha value is -2.55. The minimum absolute atomic E-state index is 0.0147. The second-order valence-electron chi connectivity index (χ2n) is 5.94. The monoisotopic (exact) mass is 324 g/mol. The molecular formula is C21H24O3. The van der Waals surface area contributed by atoms with E-state index in [0.717, 1.165) is 16.9 Å². The van der Waals surface area contributed by atoms with Crippen LogP contribution >= 0.6 is 0 Å². The zero-order valence-corrected chi connectivity index (χ0v) is 14.8. The quantitative estimate of drug-likeness (QED) is 0.532. The number of carbonyl (C=O) groups excluding carboxylic acids is 1. The van der Waals surface area contributed by atoms with E-state index in [1.54, 1.807) is 20.1 Å². The molecule has 24 heavy (non-hydrogen) atoms. The Morgan fingerprint density at radius 2 is 1.75 bits per heavy atom. The summed E-state index contributed by atoms with van der Waals surface area (Å²) in [5.41, 5.74) is 3.76. The maximum atomic E-state index is 12.0. The van der Waals surface area contributed by atoms with Gasteiger partial charge in [0.25, 0.3) is 0 Å². The van der Waals surface area contributed by atoms with Crippen LogP contribution in [0, 0.1) is 0 Å². The Labute approximate surface area is 143 Å². The lowest BCUT2D eigenvalue weighted by molar-refractivity contribution is 0.101. The number of ketones is 1. The van der Waals surface area contributed by atoms with Crippen molar-refractivity contribution in [3.63, 3.8) is 0 Å². The second-order valence-corrected chi connectivity index (χ2v) is 5.94. The maximum absolute atomic E-state index is 12.0. The van der Waals surface area contributed by atoms with E-state index >= 15 is 0 Å². The molecule has 126 valence electrons. The van der Waals surface area contributed by atoms with Gasteiger partial charge in [-0.1, -0.05) is 42.0 Å². The average molecular weight is 324 g/mol. The molecule has 2 aromatic rings. The van der Waals surface area contributed by atoms with Gasteiger partial charge in [0.15, 0.2) is 5.78 Å². The number of hydrogen-bond donors (Lipinski definition) is 0. The summed E-state index contributed by atoms with van der Waals surface area (Å²) in [5.74, 6) is 1.34. The molecule has 0 saturated carbocycles. The summed E-state index contributed by atoms with van der Waals surface area (Å²) in [5, 5.41) is 0. The van der Waals surface area contributed by atoms with Crippen LogP contribution in [0.3, 0.4) is 0 Å². The lowest BCUT2D eigenvalue weighted by atomic mass is 10.0. The summed E-state index contributed by atoms with van der Waals surface area (Å²) in [6.45, 7) is 6.07. The zero-order chi connectivity index (χ0) is 17.5. The number of carbonyl (C=O) groups is 1. The molecule has 0 saturated heterocycles. The Morgan fingerprint density at radius 1 is 1.04 bits per heavy atom. The molecule has 0 heterocycles. The van der Waals surface area contributed by atoms with Gasteiger partial charge >= 0.3 is 0 Å².